The topological polar surface area (TPSA) is 63.2 Å². The number of nitrogens with one attached hydrogen (secondary N) is 1. The number of amides is 1. The van der Waals surface area contributed by atoms with Crippen LogP contribution in [0.15, 0.2) is 53.4 Å². The highest BCUT2D eigenvalue weighted by atomic mass is 32.2. The molecular weight excluding hydrogens is 341 g/mol. The van der Waals surface area contributed by atoms with E-state index in [1.807, 2.05) is 0 Å². The first kappa shape index (κ1) is 16.3. The fourth-order valence-corrected chi connectivity index (χ4v) is 5.24. The number of carbonyl (C=O) groups excluding carboxylic acids is 1. The first-order chi connectivity index (χ1) is 11.9. The second-order valence-corrected chi connectivity index (χ2v) is 8.83. The highest BCUT2D eigenvalue weighted by molar-refractivity contribution is 7.91. The van der Waals surface area contributed by atoms with Gasteiger partial charge in [-0.2, -0.15) is 0 Å². The summed E-state index contributed by atoms with van der Waals surface area (Å²) in [7, 11) is -3.34. The number of benzene rings is 2. The van der Waals surface area contributed by atoms with Gasteiger partial charge in [0.1, 0.15) is 5.82 Å². The smallest absolute Gasteiger partial charge is 0.228 e. The quantitative estimate of drug-likeness (QED) is 0.917. The van der Waals surface area contributed by atoms with E-state index in [9.17, 15) is 17.6 Å². The van der Waals surface area contributed by atoms with E-state index < -0.39 is 21.3 Å². The fourth-order valence-electron chi connectivity index (χ4n) is 3.62. The van der Waals surface area contributed by atoms with Crippen molar-refractivity contribution in [3.05, 3.63) is 65.5 Å². The molecule has 1 aliphatic carbocycles. The van der Waals surface area contributed by atoms with Crippen molar-refractivity contribution in [1.82, 2.24) is 5.32 Å². The molecule has 25 heavy (non-hydrogen) atoms. The molecule has 0 saturated heterocycles. The molecule has 1 N–H and O–H groups in total. The molecule has 2 aromatic rings. The molecule has 2 aliphatic rings. The number of hydrogen-bond donors (Lipinski definition) is 1. The molecule has 1 unspecified atom stereocenters. The summed E-state index contributed by atoms with van der Waals surface area (Å²) >= 11 is 0. The summed E-state index contributed by atoms with van der Waals surface area (Å²) in [5, 5.41) is 2.99. The molecule has 0 spiro atoms. The molecule has 4 nitrogen and oxygen atoms in total. The van der Waals surface area contributed by atoms with Crippen molar-refractivity contribution in [1.29, 1.82) is 0 Å². The van der Waals surface area contributed by atoms with Gasteiger partial charge in [0.2, 0.25) is 5.91 Å². The molecule has 130 valence electrons. The number of fused-ring (bicyclic) bond motifs is 1. The zero-order valence-electron chi connectivity index (χ0n) is 13.5. The van der Waals surface area contributed by atoms with Crippen LogP contribution in [0, 0.1) is 5.82 Å². The van der Waals surface area contributed by atoms with E-state index in [4.69, 9.17) is 0 Å². The molecule has 2 aromatic carbocycles. The van der Waals surface area contributed by atoms with Crippen LogP contribution in [0.2, 0.25) is 0 Å². The Morgan fingerprint density at radius 2 is 1.76 bits per heavy atom. The molecule has 1 atom stereocenters. The second kappa shape index (κ2) is 5.66. The minimum atomic E-state index is -3.34. The van der Waals surface area contributed by atoms with E-state index in [2.05, 4.69) is 5.32 Å². The van der Waals surface area contributed by atoms with Crippen molar-refractivity contribution in [2.75, 3.05) is 5.75 Å². The number of rotatable bonds is 3. The Balaban J connectivity index is 1.64. The maximum atomic E-state index is 14.1. The first-order valence-corrected chi connectivity index (χ1v) is 9.97. The third-order valence-electron chi connectivity index (χ3n) is 5.12. The Labute approximate surface area is 146 Å². The van der Waals surface area contributed by atoms with Crippen LogP contribution >= 0.6 is 0 Å². The molecule has 0 bridgehead atoms. The molecule has 6 heteroatoms. The number of sulfone groups is 1. The van der Waals surface area contributed by atoms with E-state index in [0.29, 0.717) is 24.0 Å². The van der Waals surface area contributed by atoms with Crippen LogP contribution in [-0.2, 0) is 20.2 Å². The number of halogens is 1. The molecule has 0 aromatic heterocycles. The van der Waals surface area contributed by atoms with Crippen molar-refractivity contribution in [3.8, 4) is 0 Å². The molecule has 1 aliphatic heterocycles. The summed E-state index contributed by atoms with van der Waals surface area (Å²) in [6.45, 7) is 0. The van der Waals surface area contributed by atoms with Crippen LogP contribution in [0.1, 0.15) is 36.3 Å². The van der Waals surface area contributed by atoms with Gasteiger partial charge in [-0.15, -0.1) is 0 Å². The summed E-state index contributed by atoms with van der Waals surface area (Å²) in [5.41, 5.74) is 0.379. The predicted molar refractivity (Wildman–Crippen MR) is 91.3 cm³/mol. The maximum Gasteiger partial charge on any atom is 0.228 e. The van der Waals surface area contributed by atoms with Gasteiger partial charge in [0.25, 0.3) is 0 Å². The molecule has 4 rings (SSSR count). The molecular formula is C19H18FNO3S. The van der Waals surface area contributed by atoms with Gasteiger partial charge < -0.3 is 5.32 Å². The van der Waals surface area contributed by atoms with Crippen LogP contribution in [0.25, 0.3) is 0 Å². The molecule has 1 heterocycles. The molecule has 0 radical (unpaired) electrons. The zero-order chi connectivity index (χ0) is 17.7. The van der Waals surface area contributed by atoms with Gasteiger partial charge in [-0.1, -0.05) is 36.4 Å². The van der Waals surface area contributed by atoms with E-state index in [1.165, 1.54) is 6.07 Å². The van der Waals surface area contributed by atoms with E-state index in [0.717, 1.165) is 0 Å². The normalized spacial score (nSPS) is 22.7. The average molecular weight is 359 g/mol. The van der Waals surface area contributed by atoms with Gasteiger partial charge in [-0.3, -0.25) is 4.79 Å². The Bertz CT molecular complexity index is 951. The maximum absolute atomic E-state index is 14.1. The Morgan fingerprint density at radius 1 is 1.08 bits per heavy atom. The van der Waals surface area contributed by atoms with Crippen molar-refractivity contribution < 1.29 is 17.6 Å². The highest BCUT2D eigenvalue weighted by Crippen LogP contribution is 2.47. The summed E-state index contributed by atoms with van der Waals surface area (Å²) in [4.78, 5) is 13.1. The first-order valence-electron chi connectivity index (χ1n) is 8.32. The Hall–Kier alpha value is -2.21. The van der Waals surface area contributed by atoms with Gasteiger partial charge in [-0.05, 0) is 37.0 Å². The summed E-state index contributed by atoms with van der Waals surface area (Å²) < 4.78 is 38.6. The Kier molecular flexibility index (Phi) is 3.68. The lowest BCUT2D eigenvalue weighted by Crippen LogP contribution is -2.40. The SMILES string of the molecule is O=C(NC1(c2ccccc2F)CC1)C1CCS(=O)(=O)c2ccccc21. The third-order valence-corrected chi connectivity index (χ3v) is 6.94. The monoisotopic (exact) mass is 359 g/mol. The lowest BCUT2D eigenvalue weighted by molar-refractivity contribution is -0.123. The zero-order valence-corrected chi connectivity index (χ0v) is 14.4. The third kappa shape index (κ3) is 2.74. The van der Waals surface area contributed by atoms with Gasteiger partial charge in [-0.25, -0.2) is 12.8 Å². The van der Waals surface area contributed by atoms with Gasteiger partial charge in [0.05, 0.1) is 22.1 Å². The summed E-state index contributed by atoms with van der Waals surface area (Å²) in [6, 6.07) is 13.1. The van der Waals surface area contributed by atoms with Crippen molar-refractivity contribution in [3.63, 3.8) is 0 Å². The minimum absolute atomic E-state index is 0.0468. The van der Waals surface area contributed by atoms with Gasteiger partial charge in [0, 0.05) is 5.56 Å². The van der Waals surface area contributed by atoms with Crippen LogP contribution in [0.5, 0.6) is 0 Å². The average Bonchev–Trinajstić information content (AvgIpc) is 3.35. The van der Waals surface area contributed by atoms with Crippen LogP contribution in [-0.4, -0.2) is 20.1 Å². The number of carbonyl (C=O) groups is 1. The van der Waals surface area contributed by atoms with Crippen LogP contribution in [0.3, 0.4) is 0 Å². The lowest BCUT2D eigenvalue weighted by Gasteiger charge is -2.27. The molecule has 1 saturated carbocycles. The largest absolute Gasteiger partial charge is 0.346 e. The van der Waals surface area contributed by atoms with Crippen molar-refractivity contribution in [2.45, 2.75) is 35.6 Å². The number of hydrogen-bond acceptors (Lipinski definition) is 3. The fraction of sp³-hybridized carbons (Fsp3) is 0.316. The van der Waals surface area contributed by atoms with E-state index in [1.54, 1.807) is 42.5 Å². The summed E-state index contributed by atoms with van der Waals surface area (Å²) in [5.74, 6) is -1.13. The molecule has 1 amide bonds. The molecule has 1 fully saturated rings. The van der Waals surface area contributed by atoms with E-state index >= 15 is 0 Å². The lowest BCUT2D eigenvalue weighted by atomic mass is 9.93. The highest BCUT2D eigenvalue weighted by Gasteiger charge is 2.48. The van der Waals surface area contributed by atoms with Crippen LogP contribution < -0.4 is 5.32 Å². The second-order valence-electron chi connectivity index (χ2n) is 6.75. The van der Waals surface area contributed by atoms with Crippen LogP contribution in [0.4, 0.5) is 4.39 Å². The van der Waals surface area contributed by atoms with Gasteiger partial charge in [0.15, 0.2) is 9.84 Å². The van der Waals surface area contributed by atoms with Gasteiger partial charge >= 0.3 is 0 Å². The van der Waals surface area contributed by atoms with E-state index in [-0.39, 0.29) is 28.8 Å². The predicted octanol–water partition coefficient (Wildman–Crippen LogP) is 2.89. The minimum Gasteiger partial charge on any atom is -0.346 e. The summed E-state index contributed by atoms with van der Waals surface area (Å²) in [6.07, 6.45) is 1.62. The van der Waals surface area contributed by atoms with Crippen molar-refractivity contribution in [2.24, 2.45) is 0 Å². The van der Waals surface area contributed by atoms with Crippen molar-refractivity contribution >= 4 is 15.7 Å². The Morgan fingerprint density at radius 3 is 2.48 bits per heavy atom. The standard InChI is InChI=1S/C19H18FNO3S/c20-16-7-3-2-6-15(16)19(10-11-19)21-18(22)14-9-12-25(23,24)17-8-4-1-5-13(14)17/h1-8,14H,9-12H2,(H,21,22).